The van der Waals surface area contributed by atoms with Crippen molar-refractivity contribution in [3.8, 4) is 5.75 Å². The van der Waals surface area contributed by atoms with E-state index in [1.54, 1.807) is 36.5 Å². The molecule has 1 heterocycles. The fourth-order valence-electron chi connectivity index (χ4n) is 2.77. The number of nitrogens with one attached hydrogen (secondary N) is 2. The quantitative estimate of drug-likeness (QED) is 0.627. The van der Waals surface area contributed by atoms with Crippen LogP contribution in [0, 0.1) is 13.8 Å². The maximum atomic E-state index is 12.7. The highest BCUT2D eigenvalue weighted by molar-refractivity contribution is 7.92. The van der Waals surface area contributed by atoms with E-state index in [2.05, 4.69) is 34.1 Å². The van der Waals surface area contributed by atoms with Crippen LogP contribution in [0.3, 0.4) is 0 Å². The van der Waals surface area contributed by atoms with E-state index >= 15 is 0 Å². The number of aryl methyl sites for hydroxylation is 2. The molecule has 0 bridgehead atoms. The first-order valence-electron chi connectivity index (χ1n) is 8.80. The molecule has 28 heavy (non-hydrogen) atoms. The Morgan fingerprint density at radius 1 is 1.00 bits per heavy atom. The lowest BCUT2D eigenvalue weighted by atomic mass is 10.1. The number of hydrogen-bond acceptors (Lipinski definition) is 5. The maximum absolute atomic E-state index is 12.7. The molecule has 6 nitrogen and oxygen atoms in total. The molecule has 0 aliphatic heterocycles. The van der Waals surface area contributed by atoms with Crippen LogP contribution in [0.15, 0.2) is 65.7 Å². The molecule has 3 aromatic rings. The van der Waals surface area contributed by atoms with Gasteiger partial charge in [-0.1, -0.05) is 35.9 Å². The molecular weight excluding hydrogens is 374 g/mol. The standard InChI is InChI=1S/C21H23N3O3S/c1-15-5-4-6-17(11-15)13-22-18-8-10-21(23-14-18)24-28(25,26)20-12-16(2)7-9-19(20)27-3/h4-12,14,22H,13H2,1-3H3,(H,23,24). The second-order valence-corrected chi connectivity index (χ2v) is 8.19. The van der Waals surface area contributed by atoms with Gasteiger partial charge in [0.25, 0.3) is 10.0 Å². The van der Waals surface area contributed by atoms with Gasteiger partial charge in [-0.25, -0.2) is 13.4 Å². The average molecular weight is 398 g/mol. The Bertz CT molecular complexity index is 1060. The van der Waals surface area contributed by atoms with Gasteiger partial charge in [-0.3, -0.25) is 4.72 Å². The van der Waals surface area contributed by atoms with Gasteiger partial charge in [0.1, 0.15) is 16.5 Å². The number of ether oxygens (including phenoxy) is 1. The van der Waals surface area contributed by atoms with E-state index < -0.39 is 10.0 Å². The minimum atomic E-state index is -3.81. The Labute approximate surface area is 165 Å². The van der Waals surface area contributed by atoms with Crippen LogP contribution in [-0.2, 0) is 16.6 Å². The normalized spacial score (nSPS) is 11.1. The lowest BCUT2D eigenvalue weighted by Crippen LogP contribution is -2.15. The first-order valence-corrected chi connectivity index (χ1v) is 10.3. The third-order valence-corrected chi connectivity index (χ3v) is 5.57. The Balaban J connectivity index is 1.71. The van der Waals surface area contributed by atoms with Crippen LogP contribution in [0.2, 0.25) is 0 Å². The third kappa shape index (κ3) is 4.80. The van der Waals surface area contributed by atoms with E-state index in [1.807, 2.05) is 19.1 Å². The highest BCUT2D eigenvalue weighted by Crippen LogP contribution is 2.26. The number of rotatable bonds is 7. The zero-order valence-electron chi connectivity index (χ0n) is 16.1. The number of aromatic nitrogens is 1. The molecule has 0 atom stereocenters. The number of anilines is 2. The van der Waals surface area contributed by atoms with Crippen molar-refractivity contribution in [2.45, 2.75) is 25.3 Å². The van der Waals surface area contributed by atoms with Crippen molar-refractivity contribution >= 4 is 21.5 Å². The first kappa shape index (κ1) is 19.7. The van der Waals surface area contributed by atoms with E-state index in [0.29, 0.717) is 6.54 Å². The van der Waals surface area contributed by atoms with Crippen molar-refractivity contribution in [3.05, 3.63) is 77.5 Å². The summed E-state index contributed by atoms with van der Waals surface area (Å²) in [6.45, 7) is 4.54. The predicted molar refractivity (Wildman–Crippen MR) is 111 cm³/mol. The van der Waals surface area contributed by atoms with Gasteiger partial charge in [0.2, 0.25) is 0 Å². The number of nitrogens with zero attached hydrogens (tertiary/aromatic N) is 1. The number of pyridine rings is 1. The summed E-state index contributed by atoms with van der Waals surface area (Å²) < 4.78 is 33.1. The molecule has 2 aromatic carbocycles. The van der Waals surface area contributed by atoms with Crippen LogP contribution in [0.5, 0.6) is 5.75 Å². The summed E-state index contributed by atoms with van der Waals surface area (Å²) in [6.07, 6.45) is 1.60. The fourth-order valence-corrected chi connectivity index (χ4v) is 4.03. The number of benzene rings is 2. The molecule has 0 amide bonds. The molecule has 0 radical (unpaired) electrons. The summed E-state index contributed by atoms with van der Waals surface area (Å²) >= 11 is 0. The lowest BCUT2D eigenvalue weighted by molar-refractivity contribution is 0.402. The van der Waals surface area contributed by atoms with Gasteiger partial charge in [-0.05, 0) is 49.2 Å². The van der Waals surface area contributed by atoms with Crippen LogP contribution in [-0.4, -0.2) is 20.5 Å². The largest absolute Gasteiger partial charge is 0.495 e. The topological polar surface area (TPSA) is 80.3 Å². The Hall–Kier alpha value is -3.06. The van der Waals surface area contributed by atoms with Crippen LogP contribution in [0.4, 0.5) is 11.5 Å². The third-order valence-electron chi connectivity index (χ3n) is 4.19. The molecule has 0 fully saturated rings. The van der Waals surface area contributed by atoms with Gasteiger partial charge >= 0.3 is 0 Å². The minimum Gasteiger partial charge on any atom is -0.495 e. The summed E-state index contributed by atoms with van der Waals surface area (Å²) in [5.74, 6) is 0.527. The second kappa shape index (κ2) is 8.31. The van der Waals surface area contributed by atoms with E-state index in [4.69, 9.17) is 4.74 Å². The SMILES string of the molecule is COc1ccc(C)cc1S(=O)(=O)Nc1ccc(NCc2cccc(C)c2)cn1. The molecule has 0 saturated carbocycles. The van der Waals surface area contributed by atoms with E-state index in [0.717, 1.165) is 16.8 Å². The van der Waals surface area contributed by atoms with Gasteiger partial charge in [-0.15, -0.1) is 0 Å². The molecular formula is C21H23N3O3S. The molecule has 0 unspecified atom stereocenters. The molecule has 7 heteroatoms. The van der Waals surface area contributed by atoms with E-state index in [9.17, 15) is 8.42 Å². The molecule has 0 spiro atoms. The molecule has 2 N–H and O–H groups in total. The van der Waals surface area contributed by atoms with E-state index in [1.165, 1.54) is 12.7 Å². The average Bonchev–Trinajstić information content (AvgIpc) is 2.67. The lowest BCUT2D eigenvalue weighted by Gasteiger charge is -2.12. The van der Waals surface area contributed by atoms with Crippen LogP contribution in [0.25, 0.3) is 0 Å². The van der Waals surface area contributed by atoms with Crippen molar-refractivity contribution < 1.29 is 13.2 Å². The van der Waals surface area contributed by atoms with Crippen molar-refractivity contribution in [2.24, 2.45) is 0 Å². The predicted octanol–water partition coefficient (Wildman–Crippen LogP) is 4.12. The first-order chi connectivity index (χ1) is 13.4. The van der Waals surface area contributed by atoms with Crippen LogP contribution < -0.4 is 14.8 Å². The zero-order chi connectivity index (χ0) is 20.1. The second-order valence-electron chi connectivity index (χ2n) is 6.53. The van der Waals surface area contributed by atoms with Gasteiger partial charge in [0.05, 0.1) is 19.0 Å². The maximum Gasteiger partial charge on any atom is 0.266 e. The van der Waals surface area contributed by atoms with Crippen LogP contribution >= 0.6 is 0 Å². The van der Waals surface area contributed by atoms with Crippen molar-refractivity contribution in [1.82, 2.24) is 4.98 Å². The van der Waals surface area contributed by atoms with Gasteiger partial charge in [0, 0.05) is 6.54 Å². The summed E-state index contributed by atoms with van der Waals surface area (Å²) in [6, 6.07) is 16.6. The van der Waals surface area contributed by atoms with E-state index in [-0.39, 0.29) is 16.5 Å². The summed E-state index contributed by atoms with van der Waals surface area (Å²) in [5, 5.41) is 3.28. The highest BCUT2D eigenvalue weighted by Gasteiger charge is 2.20. The monoisotopic (exact) mass is 397 g/mol. The Morgan fingerprint density at radius 3 is 2.46 bits per heavy atom. The molecule has 0 aliphatic carbocycles. The van der Waals surface area contributed by atoms with Gasteiger partial charge in [-0.2, -0.15) is 0 Å². The number of methoxy groups -OCH3 is 1. The molecule has 3 rings (SSSR count). The van der Waals surface area contributed by atoms with Gasteiger partial charge < -0.3 is 10.1 Å². The summed E-state index contributed by atoms with van der Waals surface area (Å²) in [7, 11) is -2.37. The molecule has 146 valence electrons. The van der Waals surface area contributed by atoms with Gasteiger partial charge in [0.15, 0.2) is 0 Å². The van der Waals surface area contributed by atoms with Crippen molar-refractivity contribution in [3.63, 3.8) is 0 Å². The molecule has 1 aromatic heterocycles. The van der Waals surface area contributed by atoms with Crippen molar-refractivity contribution in [1.29, 1.82) is 0 Å². The fraction of sp³-hybridized carbons (Fsp3) is 0.190. The highest BCUT2D eigenvalue weighted by atomic mass is 32.2. The number of sulfonamides is 1. The Kier molecular flexibility index (Phi) is 5.84. The minimum absolute atomic E-state index is 0.0819. The Morgan fingerprint density at radius 2 is 1.79 bits per heavy atom. The molecule has 0 aliphatic rings. The van der Waals surface area contributed by atoms with Crippen molar-refractivity contribution in [2.75, 3.05) is 17.1 Å². The smallest absolute Gasteiger partial charge is 0.266 e. The molecule has 0 saturated heterocycles. The number of hydrogen-bond donors (Lipinski definition) is 2. The van der Waals surface area contributed by atoms with Crippen LogP contribution in [0.1, 0.15) is 16.7 Å². The zero-order valence-corrected chi connectivity index (χ0v) is 16.9. The summed E-state index contributed by atoms with van der Waals surface area (Å²) in [4.78, 5) is 4.29. The summed E-state index contributed by atoms with van der Waals surface area (Å²) in [5.41, 5.74) is 3.99.